The Morgan fingerprint density at radius 3 is 2.56 bits per heavy atom. The standard InChI is InChI=1S/C21H23NO4.ClH/c1-12-14-4-5-17(23-2)21(24-3)16(14)10-22-7-6-13-8-18-19(26-11-25-18)9-15(13)20(12)22;/h4-5,8-9,12,20H,6-7,10-11H2,1-3H3;1H/t12-,20+;/m1./s1. The van der Waals surface area contributed by atoms with Crippen LogP contribution in [0.5, 0.6) is 23.0 Å². The van der Waals surface area contributed by atoms with Crippen molar-refractivity contribution < 1.29 is 18.9 Å². The fraction of sp³-hybridized carbons (Fsp3) is 0.429. The van der Waals surface area contributed by atoms with E-state index in [-0.39, 0.29) is 12.4 Å². The molecular formula is C21H24ClNO4. The molecule has 0 fully saturated rings. The van der Waals surface area contributed by atoms with Crippen molar-refractivity contribution >= 4 is 12.4 Å². The molecule has 0 amide bonds. The van der Waals surface area contributed by atoms with Crippen LogP contribution in [0.1, 0.15) is 41.1 Å². The highest BCUT2D eigenvalue weighted by Crippen LogP contribution is 2.51. The Hall–Kier alpha value is -2.11. The van der Waals surface area contributed by atoms with Gasteiger partial charge in [0.2, 0.25) is 6.79 Å². The van der Waals surface area contributed by atoms with Gasteiger partial charge in [-0.2, -0.15) is 0 Å². The lowest BCUT2D eigenvalue weighted by molar-refractivity contribution is 0.136. The first-order valence-corrected chi connectivity index (χ1v) is 9.11. The molecule has 5 nitrogen and oxygen atoms in total. The van der Waals surface area contributed by atoms with Crippen molar-refractivity contribution in [2.45, 2.75) is 31.8 Å². The number of ether oxygens (including phenoxy) is 4. The Morgan fingerprint density at radius 2 is 1.81 bits per heavy atom. The summed E-state index contributed by atoms with van der Waals surface area (Å²) in [6.45, 7) is 4.53. The van der Waals surface area contributed by atoms with Crippen molar-refractivity contribution in [3.8, 4) is 23.0 Å². The minimum atomic E-state index is 0. The normalized spacial score (nSPS) is 22.2. The molecule has 0 unspecified atom stereocenters. The smallest absolute Gasteiger partial charge is 0.231 e. The average molecular weight is 390 g/mol. The first kappa shape index (κ1) is 18.3. The van der Waals surface area contributed by atoms with Gasteiger partial charge >= 0.3 is 0 Å². The van der Waals surface area contributed by atoms with Crippen LogP contribution in [0.4, 0.5) is 0 Å². The van der Waals surface area contributed by atoms with E-state index in [9.17, 15) is 0 Å². The van der Waals surface area contributed by atoms with Crippen molar-refractivity contribution in [2.24, 2.45) is 0 Å². The molecule has 2 atom stereocenters. The molecular weight excluding hydrogens is 366 g/mol. The summed E-state index contributed by atoms with van der Waals surface area (Å²) in [5.41, 5.74) is 5.34. The third-order valence-electron chi connectivity index (χ3n) is 6.02. The second kappa shape index (κ2) is 6.80. The summed E-state index contributed by atoms with van der Waals surface area (Å²) >= 11 is 0. The van der Waals surface area contributed by atoms with Crippen LogP contribution in [0, 0.1) is 0 Å². The third-order valence-corrected chi connectivity index (χ3v) is 6.02. The second-order valence-electron chi connectivity index (χ2n) is 7.23. The van der Waals surface area contributed by atoms with E-state index >= 15 is 0 Å². The lowest BCUT2D eigenvalue weighted by atomic mass is 9.77. The van der Waals surface area contributed by atoms with Crippen LogP contribution in [-0.2, 0) is 13.0 Å². The summed E-state index contributed by atoms with van der Waals surface area (Å²) in [7, 11) is 3.42. The van der Waals surface area contributed by atoms with Crippen LogP contribution in [-0.4, -0.2) is 32.5 Å². The Labute approximate surface area is 165 Å². The molecule has 3 heterocycles. The lowest BCUT2D eigenvalue weighted by Crippen LogP contribution is -2.41. The van der Waals surface area contributed by atoms with E-state index in [1.54, 1.807) is 14.2 Å². The van der Waals surface area contributed by atoms with Gasteiger partial charge in [-0.15, -0.1) is 12.4 Å². The molecule has 0 bridgehead atoms. The van der Waals surface area contributed by atoms with E-state index < -0.39 is 0 Å². The zero-order valence-corrected chi connectivity index (χ0v) is 16.6. The Kier molecular flexibility index (Phi) is 4.60. The van der Waals surface area contributed by atoms with Gasteiger partial charge in [0.1, 0.15) is 0 Å². The average Bonchev–Trinajstić information content (AvgIpc) is 3.12. The van der Waals surface area contributed by atoms with Crippen molar-refractivity contribution in [3.05, 3.63) is 46.5 Å². The number of fused-ring (bicyclic) bond motifs is 5. The van der Waals surface area contributed by atoms with E-state index in [0.717, 1.165) is 42.5 Å². The number of hydrogen-bond donors (Lipinski definition) is 0. The van der Waals surface area contributed by atoms with Gasteiger partial charge in [-0.05, 0) is 41.3 Å². The molecule has 3 aliphatic heterocycles. The lowest BCUT2D eigenvalue weighted by Gasteiger charge is -2.45. The zero-order valence-electron chi connectivity index (χ0n) is 15.8. The molecule has 0 aromatic heterocycles. The van der Waals surface area contributed by atoms with Crippen molar-refractivity contribution in [1.82, 2.24) is 4.90 Å². The van der Waals surface area contributed by atoms with E-state index in [4.69, 9.17) is 18.9 Å². The van der Waals surface area contributed by atoms with Gasteiger partial charge in [-0.1, -0.05) is 13.0 Å². The first-order valence-electron chi connectivity index (χ1n) is 9.11. The van der Waals surface area contributed by atoms with Crippen molar-refractivity contribution in [3.63, 3.8) is 0 Å². The molecule has 27 heavy (non-hydrogen) atoms. The van der Waals surface area contributed by atoms with E-state index in [1.807, 2.05) is 6.07 Å². The highest BCUT2D eigenvalue weighted by atomic mass is 35.5. The zero-order chi connectivity index (χ0) is 17.8. The largest absolute Gasteiger partial charge is 0.493 e. The quantitative estimate of drug-likeness (QED) is 0.774. The van der Waals surface area contributed by atoms with E-state index in [2.05, 4.69) is 30.0 Å². The maximum atomic E-state index is 5.70. The molecule has 0 radical (unpaired) electrons. The van der Waals surface area contributed by atoms with Gasteiger partial charge < -0.3 is 18.9 Å². The highest BCUT2D eigenvalue weighted by Gasteiger charge is 2.39. The number of rotatable bonds is 2. The Bertz CT molecular complexity index is 885. The molecule has 5 rings (SSSR count). The number of benzene rings is 2. The fourth-order valence-electron chi connectivity index (χ4n) is 4.82. The highest BCUT2D eigenvalue weighted by molar-refractivity contribution is 5.85. The van der Waals surface area contributed by atoms with Gasteiger partial charge in [0.05, 0.1) is 14.2 Å². The maximum Gasteiger partial charge on any atom is 0.231 e. The van der Waals surface area contributed by atoms with Crippen molar-refractivity contribution in [2.75, 3.05) is 27.6 Å². The number of halogens is 1. The molecule has 0 N–H and O–H groups in total. The molecule has 0 saturated heterocycles. The second-order valence-corrected chi connectivity index (χ2v) is 7.23. The minimum absolute atomic E-state index is 0. The Balaban J connectivity index is 0.00000180. The van der Waals surface area contributed by atoms with Crippen molar-refractivity contribution in [1.29, 1.82) is 0 Å². The third kappa shape index (κ3) is 2.64. The molecule has 0 saturated carbocycles. The number of hydrogen-bond acceptors (Lipinski definition) is 5. The van der Waals surface area contributed by atoms with Crippen LogP contribution in [0.25, 0.3) is 0 Å². The summed E-state index contributed by atoms with van der Waals surface area (Å²) in [6, 6.07) is 8.93. The number of nitrogens with zero attached hydrogens (tertiary/aromatic N) is 1. The molecule has 0 spiro atoms. The summed E-state index contributed by atoms with van der Waals surface area (Å²) in [5, 5.41) is 0. The molecule has 2 aromatic carbocycles. The summed E-state index contributed by atoms with van der Waals surface area (Å²) in [5.74, 6) is 3.78. The predicted octanol–water partition coefficient (Wildman–Crippen LogP) is 4.07. The predicted molar refractivity (Wildman–Crippen MR) is 105 cm³/mol. The maximum absolute atomic E-state index is 5.70. The van der Waals surface area contributed by atoms with Gasteiger partial charge in [-0.25, -0.2) is 0 Å². The van der Waals surface area contributed by atoms with Crippen LogP contribution >= 0.6 is 12.4 Å². The Morgan fingerprint density at radius 1 is 1.04 bits per heavy atom. The minimum Gasteiger partial charge on any atom is -0.493 e. The molecule has 2 aromatic rings. The summed E-state index contributed by atoms with van der Waals surface area (Å²) in [4.78, 5) is 2.56. The van der Waals surface area contributed by atoms with Crippen LogP contribution in [0.3, 0.4) is 0 Å². The molecule has 6 heteroatoms. The topological polar surface area (TPSA) is 40.2 Å². The van der Waals surface area contributed by atoms with Gasteiger partial charge in [-0.3, -0.25) is 4.90 Å². The SMILES string of the molecule is COc1ccc2c(c1OC)CN1CCc3cc4c(cc3[C@@H]1[C@@H]2C)OCO4.Cl. The van der Waals surface area contributed by atoms with Gasteiger partial charge in [0.15, 0.2) is 23.0 Å². The van der Waals surface area contributed by atoms with E-state index in [1.165, 1.54) is 22.3 Å². The monoisotopic (exact) mass is 389 g/mol. The van der Waals surface area contributed by atoms with Crippen LogP contribution < -0.4 is 18.9 Å². The van der Waals surface area contributed by atoms with Crippen LogP contribution in [0.2, 0.25) is 0 Å². The van der Waals surface area contributed by atoms with Crippen LogP contribution in [0.15, 0.2) is 24.3 Å². The molecule has 144 valence electrons. The number of methoxy groups -OCH3 is 2. The molecule has 0 aliphatic carbocycles. The summed E-state index contributed by atoms with van der Waals surface area (Å²) in [6.07, 6.45) is 1.02. The molecule has 3 aliphatic rings. The summed E-state index contributed by atoms with van der Waals surface area (Å²) < 4.78 is 22.4. The van der Waals surface area contributed by atoms with Gasteiger partial charge in [0.25, 0.3) is 0 Å². The van der Waals surface area contributed by atoms with Gasteiger partial charge in [0, 0.05) is 30.6 Å². The fourth-order valence-corrected chi connectivity index (χ4v) is 4.82. The first-order chi connectivity index (χ1) is 12.7. The van der Waals surface area contributed by atoms with E-state index in [0.29, 0.717) is 18.8 Å².